The molecule has 0 spiro atoms. The van der Waals surface area contributed by atoms with Gasteiger partial charge in [0.2, 0.25) is 11.9 Å². The van der Waals surface area contributed by atoms with Gasteiger partial charge in [0, 0.05) is 77.0 Å². The summed E-state index contributed by atoms with van der Waals surface area (Å²) < 4.78 is 5.41. The van der Waals surface area contributed by atoms with Crippen molar-refractivity contribution in [1.29, 1.82) is 0 Å². The molecule has 0 atom stereocenters. The van der Waals surface area contributed by atoms with Gasteiger partial charge in [0.15, 0.2) is 0 Å². The molecule has 2 aromatic rings. The van der Waals surface area contributed by atoms with Gasteiger partial charge in [-0.15, -0.1) is 0 Å². The van der Waals surface area contributed by atoms with Gasteiger partial charge in [-0.1, -0.05) is 0 Å². The van der Waals surface area contributed by atoms with Crippen LogP contribution in [0.15, 0.2) is 24.7 Å². The average molecular weight is 399 g/mol. The van der Waals surface area contributed by atoms with Gasteiger partial charge >= 0.3 is 0 Å². The molecule has 0 amide bonds. The van der Waals surface area contributed by atoms with Crippen LogP contribution < -0.4 is 15.1 Å². The van der Waals surface area contributed by atoms with Gasteiger partial charge in [0.05, 0.1) is 13.2 Å². The molecule has 2 saturated heterocycles. The van der Waals surface area contributed by atoms with Gasteiger partial charge in [-0.3, -0.25) is 4.90 Å². The first kappa shape index (κ1) is 19.8. The summed E-state index contributed by atoms with van der Waals surface area (Å²) in [4.78, 5) is 24.5. The van der Waals surface area contributed by atoms with Crippen LogP contribution in [0.4, 0.5) is 17.7 Å². The summed E-state index contributed by atoms with van der Waals surface area (Å²) in [7, 11) is 3.91. The van der Waals surface area contributed by atoms with Crippen molar-refractivity contribution in [2.45, 2.75) is 25.4 Å². The van der Waals surface area contributed by atoms with Crippen LogP contribution in [0, 0.1) is 0 Å². The number of anilines is 3. The maximum Gasteiger partial charge on any atom is 0.227 e. The largest absolute Gasteiger partial charge is 0.378 e. The van der Waals surface area contributed by atoms with E-state index in [1.165, 1.54) is 0 Å². The van der Waals surface area contributed by atoms with Crippen molar-refractivity contribution in [2.24, 2.45) is 0 Å². The maximum absolute atomic E-state index is 5.41. The Balaban J connectivity index is 1.26. The lowest BCUT2D eigenvalue weighted by molar-refractivity contribution is 0.122. The van der Waals surface area contributed by atoms with E-state index in [-0.39, 0.29) is 0 Å². The molecule has 2 aromatic heterocycles. The molecular weight excluding hydrogens is 368 g/mol. The quantitative estimate of drug-likeness (QED) is 0.773. The van der Waals surface area contributed by atoms with E-state index >= 15 is 0 Å². The van der Waals surface area contributed by atoms with Gasteiger partial charge in [0.25, 0.3) is 0 Å². The number of nitrogens with zero attached hydrogens (tertiary/aromatic N) is 7. The summed E-state index contributed by atoms with van der Waals surface area (Å²) in [6.07, 6.45) is 7.88. The molecule has 9 heteroatoms. The minimum absolute atomic E-state index is 0.436. The monoisotopic (exact) mass is 398 g/mol. The lowest BCUT2D eigenvalue weighted by Crippen LogP contribution is -2.39. The fourth-order valence-corrected chi connectivity index (χ4v) is 3.71. The van der Waals surface area contributed by atoms with Crippen LogP contribution in [-0.2, 0) is 11.3 Å². The average Bonchev–Trinajstić information content (AvgIpc) is 2.76. The van der Waals surface area contributed by atoms with Gasteiger partial charge in [0.1, 0.15) is 5.82 Å². The van der Waals surface area contributed by atoms with E-state index in [9.17, 15) is 0 Å². The van der Waals surface area contributed by atoms with Crippen molar-refractivity contribution < 1.29 is 4.74 Å². The van der Waals surface area contributed by atoms with E-state index in [4.69, 9.17) is 9.72 Å². The zero-order valence-corrected chi connectivity index (χ0v) is 17.3. The Labute approximate surface area is 172 Å². The van der Waals surface area contributed by atoms with Gasteiger partial charge < -0.3 is 19.9 Å². The van der Waals surface area contributed by atoms with Crippen LogP contribution in [0.1, 0.15) is 18.4 Å². The summed E-state index contributed by atoms with van der Waals surface area (Å²) in [5, 5.41) is 3.60. The summed E-state index contributed by atoms with van der Waals surface area (Å²) in [6.45, 7) is 6.17. The lowest BCUT2D eigenvalue weighted by Gasteiger charge is -2.32. The van der Waals surface area contributed by atoms with Crippen LogP contribution in [0.2, 0.25) is 0 Å². The molecule has 0 radical (unpaired) electrons. The predicted octanol–water partition coefficient (Wildman–Crippen LogP) is 1.25. The minimum Gasteiger partial charge on any atom is -0.378 e. The Bertz CT molecular complexity index is 770. The second kappa shape index (κ2) is 9.32. The van der Waals surface area contributed by atoms with Gasteiger partial charge in [-0.05, 0) is 18.9 Å². The van der Waals surface area contributed by atoms with Crippen LogP contribution in [0.25, 0.3) is 0 Å². The molecule has 0 bridgehead atoms. The topological polar surface area (TPSA) is 82.5 Å². The van der Waals surface area contributed by atoms with Crippen LogP contribution in [-0.4, -0.2) is 84.4 Å². The normalized spacial score (nSPS) is 18.6. The number of ether oxygens (including phenoxy) is 1. The molecule has 1 N–H and O–H groups in total. The molecular formula is C20H30N8O. The van der Waals surface area contributed by atoms with E-state index in [0.29, 0.717) is 6.04 Å². The van der Waals surface area contributed by atoms with Crippen molar-refractivity contribution in [3.8, 4) is 0 Å². The molecule has 9 nitrogen and oxygen atoms in total. The molecule has 4 rings (SSSR count). The molecule has 2 aliphatic heterocycles. The minimum atomic E-state index is 0.436. The number of aromatic nitrogens is 4. The highest BCUT2D eigenvalue weighted by Gasteiger charge is 2.20. The smallest absolute Gasteiger partial charge is 0.227 e. The molecule has 0 saturated carbocycles. The molecule has 0 aromatic carbocycles. The second-order valence-corrected chi connectivity index (χ2v) is 7.82. The lowest BCUT2D eigenvalue weighted by atomic mass is 10.0. The highest BCUT2D eigenvalue weighted by atomic mass is 16.5. The molecule has 0 aliphatic carbocycles. The third kappa shape index (κ3) is 5.30. The maximum atomic E-state index is 5.41. The first-order chi connectivity index (χ1) is 14.2. The summed E-state index contributed by atoms with van der Waals surface area (Å²) in [5.74, 6) is 2.45. The number of morpholine rings is 1. The number of hydrogen-bond acceptors (Lipinski definition) is 9. The van der Waals surface area contributed by atoms with E-state index in [2.05, 4.69) is 30.1 Å². The van der Waals surface area contributed by atoms with Crippen molar-refractivity contribution in [2.75, 3.05) is 68.6 Å². The Morgan fingerprint density at radius 3 is 2.48 bits per heavy atom. The summed E-state index contributed by atoms with van der Waals surface area (Å²) >= 11 is 0. The van der Waals surface area contributed by atoms with Gasteiger partial charge in [-0.25, -0.2) is 15.0 Å². The highest BCUT2D eigenvalue weighted by molar-refractivity contribution is 5.42. The predicted molar refractivity (Wildman–Crippen MR) is 113 cm³/mol. The Kier molecular flexibility index (Phi) is 6.36. The van der Waals surface area contributed by atoms with E-state index in [1.54, 1.807) is 0 Å². The van der Waals surface area contributed by atoms with Crippen molar-refractivity contribution >= 4 is 17.7 Å². The molecule has 2 aliphatic rings. The number of piperidine rings is 1. The van der Waals surface area contributed by atoms with E-state index in [0.717, 1.165) is 82.1 Å². The van der Waals surface area contributed by atoms with Crippen molar-refractivity contribution in [3.63, 3.8) is 0 Å². The summed E-state index contributed by atoms with van der Waals surface area (Å²) in [5.41, 5.74) is 1.16. The molecule has 156 valence electrons. The molecule has 29 heavy (non-hydrogen) atoms. The number of rotatable bonds is 6. The molecule has 4 heterocycles. The second-order valence-electron chi connectivity index (χ2n) is 7.82. The number of hydrogen-bond donors (Lipinski definition) is 1. The number of likely N-dealkylation sites (tertiary alicyclic amines) is 1. The Morgan fingerprint density at radius 1 is 1.07 bits per heavy atom. The molecule has 0 unspecified atom stereocenters. The zero-order chi connectivity index (χ0) is 20.1. The summed E-state index contributed by atoms with van der Waals surface area (Å²) in [6, 6.07) is 2.39. The first-order valence-corrected chi connectivity index (χ1v) is 10.3. The third-order valence-corrected chi connectivity index (χ3v) is 5.37. The van der Waals surface area contributed by atoms with E-state index in [1.807, 2.05) is 43.7 Å². The van der Waals surface area contributed by atoms with Gasteiger partial charge in [-0.2, -0.15) is 4.98 Å². The van der Waals surface area contributed by atoms with E-state index < -0.39 is 0 Å². The molecule has 2 fully saturated rings. The van der Waals surface area contributed by atoms with Crippen molar-refractivity contribution in [1.82, 2.24) is 24.8 Å². The standard InChI is InChI=1S/C20H30N8O/c1-26(2)19-22-13-16(14-23-19)15-27-7-4-17(5-8-27)24-18-3-6-21-20(25-18)28-9-11-29-12-10-28/h3,6,13-14,17H,4-5,7-12,15H2,1-2H3,(H,21,24,25). The van der Waals surface area contributed by atoms with Crippen LogP contribution in [0.5, 0.6) is 0 Å². The highest BCUT2D eigenvalue weighted by Crippen LogP contribution is 2.19. The SMILES string of the molecule is CN(C)c1ncc(CN2CCC(Nc3ccnc(N4CCOCC4)n3)CC2)cn1. The Hall–Kier alpha value is -2.52. The Morgan fingerprint density at radius 2 is 1.79 bits per heavy atom. The van der Waals surface area contributed by atoms with Crippen molar-refractivity contribution in [3.05, 3.63) is 30.2 Å². The first-order valence-electron chi connectivity index (χ1n) is 10.3. The third-order valence-electron chi connectivity index (χ3n) is 5.37. The van der Waals surface area contributed by atoms with Crippen LogP contribution in [0.3, 0.4) is 0 Å². The zero-order valence-electron chi connectivity index (χ0n) is 17.3. The fourth-order valence-electron chi connectivity index (χ4n) is 3.71. The van der Waals surface area contributed by atoms with Crippen LogP contribution >= 0.6 is 0 Å². The number of nitrogens with one attached hydrogen (secondary N) is 1. The fraction of sp³-hybridized carbons (Fsp3) is 0.600.